The molecule has 0 unspecified atom stereocenters. The zero-order valence-electron chi connectivity index (χ0n) is 18.4. The van der Waals surface area contributed by atoms with Crippen molar-refractivity contribution in [2.75, 3.05) is 23.9 Å². The molecule has 10 nitrogen and oxygen atoms in total. The lowest BCUT2D eigenvalue weighted by molar-refractivity contribution is 0.178. The summed E-state index contributed by atoms with van der Waals surface area (Å²) in [5.41, 5.74) is -0.541. The Morgan fingerprint density at radius 3 is 2.79 bits per heavy atom. The van der Waals surface area contributed by atoms with E-state index in [0.717, 1.165) is 0 Å². The van der Waals surface area contributed by atoms with Crippen LogP contribution in [0.5, 0.6) is 5.75 Å². The number of pyridine rings is 1. The van der Waals surface area contributed by atoms with Crippen LogP contribution < -0.4 is 20.5 Å². The molecule has 1 aliphatic carbocycles. The van der Waals surface area contributed by atoms with Crippen molar-refractivity contribution < 1.29 is 18.7 Å². The van der Waals surface area contributed by atoms with Gasteiger partial charge >= 0.3 is 6.09 Å². The summed E-state index contributed by atoms with van der Waals surface area (Å²) in [5.74, 6) is 0.331. The Morgan fingerprint density at radius 1 is 1.30 bits per heavy atom. The van der Waals surface area contributed by atoms with Gasteiger partial charge in [-0.2, -0.15) is 15.0 Å². The van der Waals surface area contributed by atoms with Crippen LogP contribution in [0.25, 0.3) is 10.9 Å². The van der Waals surface area contributed by atoms with Crippen molar-refractivity contribution in [3.05, 3.63) is 45.8 Å². The summed E-state index contributed by atoms with van der Waals surface area (Å²) in [7, 11) is 1.37. The van der Waals surface area contributed by atoms with Crippen LogP contribution in [0.3, 0.4) is 0 Å². The number of carbonyl (C=O) groups excluding carboxylic acids is 1. The van der Waals surface area contributed by atoms with E-state index in [2.05, 4.69) is 25.3 Å². The second-order valence-corrected chi connectivity index (χ2v) is 8.28. The zero-order chi connectivity index (χ0) is 23.3. The number of fused-ring (bicyclic) bond motifs is 1. The van der Waals surface area contributed by atoms with Crippen molar-refractivity contribution in [1.29, 1.82) is 0 Å². The maximum Gasteiger partial charge on any atom is 0.417 e. The number of aromatic amines is 1. The lowest BCUT2D eigenvalue weighted by Gasteiger charge is -2.21. The van der Waals surface area contributed by atoms with Gasteiger partial charge in [0.25, 0.3) is 5.56 Å². The Morgan fingerprint density at radius 2 is 2.09 bits per heavy atom. The summed E-state index contributed by atoms with van der Waals surface area (Å²) in [5, 5.41) is 3.81. The number of carbonyl (C=O) groups is 1. The summed E-state index contributed by atoms with van der Waals surface area (Å²) in [4.78, 5) is 42.3. The number of benzene rings is 1. The van der Waals surface area contributed by atoms with E-state index in [0.29, 0.717) is 36.0 Å². The van der Waals surface area contributed by atoms with Crippen LogP contribution in [0, 0.1) is 12.7 Å². The number of aromatic nitrogens is 4. The predicted octanol–water partition coefficient (Wildman–Crippen LogP) is 3.01. The molecule has 2 aromatic heterocycles. The van der Waals surface area contributed by atoms with Crippen molar-refractivity contribution in [2.24, 2.45) is 0 Å². The number of nitrogens with zero attached hydrogens (tertiary/aromatic N) is 4. The van der Waals surface area contributed by atoms with Crippen molar-refractivity contribution in [3.63, 3.8) is 0 Å². The second kappa shape index (κ2) is 7.68. The number of hydrogen-bond donors (Lipinski definition) is 2. The smallest absolute Gasteiger partial charge is 0.417 e. The molecule has 2 fully saturated rings. The lowest BCUT2D eigenvalue weighted by Crippen LogP contribution is -2.35. The van der Waals surface area contributed by atoms with Crippen LogP contribution in [0.4, 0.5) is 21.1 Å². The Hall–Kier alpha value is -3.76. The molecule has 172 valence electrons. The van der Waals surface area contributed by atoms with Gasteiger partial charge in [-0.05, 0) is 44.4 Å². The predicted molar refractivity (Wildman–Crippen MR) is 118 cm³/mol. The van der Waals surface area contributed by atoms with E-state index in [-0.39, 0.29) is 35.8 Å². The molecule has 11 heteroatoms. The first-order valence-electron chi connectivity index (χ1n) is 10.7. The van der Waals surface area contributed by atoms with Gasteiger partial charge in [0.05, 0.1) is 24.2 Å². The van der Waals surface area contributed by atoms with Gasteiger partial charge in [-0.15, -0.1) is 0 Å². The number of cyclic esters (lactones) is 1. The fraction of sp³-hybridized carbons (Fsp3) is 0.409. The minimum Gasteiger partial charge on any atom is -0.494 e. The second-order valence-electron chi connectivity index (χ2n) is 8.28. The minimum atomic E-state index is -0.696. The number of ether oxygens (including phenoxy) is 2. The molecular weight excluding hydrogens is 431 g/mol. The normalized spacial score (nSPS) is 19.0. The molecule has 0 radical (unpaired) electrons. The molecule has 1 amide bonds. The van der Waals surface area contributed by atoms with Gasteiger partial charge in [-0.3, -0.25) is 4.79 Å². The molecule has 2 N–H and O–H groups in total. The van der Waals surface area contributed by atoms with E-state index >= 15 is 0 Å². The standard InChI is InChI=1S/C22H23FN6O4/c1-4-13-10-33-21(31)29(13)20-25-11(2)24-19(27-20)28-22(7-8-22)14-9-12-5-6-15(32-3)16(23)17(12)26-18(14)30/h5-6,9,13H,4,7-8,10H2,1-3H3,(H,26,30)(H,24,25,27,28)/t13-/m0/s1. The SMILES string of the molecule is CC[C@H]1COC(=O)N1c1nc(C)nc(NC2(c3cc4ccc(OC)c(F)c4[nH]c3=O)CC2)n1. The Bertz CT molecular complexity index is 1320. The van der Waals surface area contributed by atoms with E-state index in [1.807, 2.05) is 6.92 Å². The molecule has 2 aliphatic rings. The molecule has 5 rings (SSSR count). The van der Waals surface area contributed by atoms with Crippen LogP contribution in [-0.4, -0.2) is 45.8 Å². The van der Waals surface area contributed by atoms with Gasteiger partial charge in [0, 0.05) is 10.9 Å². The lowest BCUT2D eigenvalue weighted by atomic mass is 10.0. The number of halogens is 1. The monoisotopic (exact) mass is 454 g/mol. The van der Waals surface area contributed by atoms with Gasteiger partial charge in [-0.25, -0.2) is 14.1 Å². The summed E-state index contributed by atoms with van der Waals surface area (Å²) in [6.45, 7) is 3.94. The number of amides is 1. The van der Waals surface area contributed by atoms with Gasteiger partial charge in [0.2, 0.25) is 11.9 Å². The molecule has 1 saturated carbocycles. The summed E-state index contributed by atoms with van der Waals surface area (Å²) < 4.78 is 24.7. The van der Waals surface area contributed by atoms with Gasteiger partial charge in [0.1, 0.15) is 12.4 Å². The third-order valence-electron chi connectivity index (χ3n) is 6.14. The van der Waals surface area contributed by atoms with Gasteiger partial charge in [0.15, 0.2) is 11.6 Å². The molecule has 3 heterocycles. The summed E-state index contributed by atoms with van der Waals surface area (Å²) in [6, 6.07) is 4.74. The highest BCUT2D eigenvalue weighted by atomic mass is 19.1. The minimum absolute atomic E-state index is 0.0594. The highest BCUT2D eigenvalue weighted by Gasteiger charge is 2.47. The molecule has 1 aromatic carbocycles. The Kier molecular flexibility index (Phi) is 4.91. The maximum atomic E-state index is 14.6. The third-order valence-corrected chi connectivity index (χ3v) is 6.14. The van der Waals surface area contributed by atoms with Crippen LogP contribution in [0.1, 0.15) is 37.6 Å². The highest BCUT2D eigenvalue weighted by Crippen LogP contribution is 2.47. The van der Waals surface area contributed by atoms with Crippen molar-refractivity contribution in [2.45, 2.75) is 44.7 Å². The molecule has 3 aromatic rings. The maximum absolute atomic E-state index is 14.6. The first-order chi connectivity index (χ1) is 15.8. The molecule has 1 atom stereocenters. The Labute approximate surface area is 188 Å². The van der Waals surface area contributed by atoms with Gasteiger partial charge in [-0.1, -0.05) is 6.92 Å². The molecular formula is C22H23FN6O4. The number of H-pyrrole nitrogens is 1. The fourth-order valence-electron chi connectivity index (χ4n) is 4.17. The average Bonchev–Trinajstić information content (AvgIpc) is 3.46. The van der Waals surface area contributed by atoms with Crippen LogP contribution in [-0.2, 0) is 10.3 Å². The van der Waals surface area contributed by atoms with Gasteiger partial charge < -0.3 is 19.8 Å². The summed E-state index contributed by atoms with van der Waals surface area (Å²) >= 11 is 0. The Balaban J connectivity index is 1.51. The quantitative estimate of drug-likeness (QED) is 0.583. The molecule has 0 bridgehead atoms. The van der Waals surface area contributed by atoms with E-state index in [1.165, 1.54) is 18.1 Å². The first-order valence-corrected chi connectivity index (χ1v) is 10.7. The van der Waals surface area contributed by atoms with E-state index < -0.39 is 23.0 Å². The van der Waals surface area contributed by atoms with E-state index in [1.54, 1.807) is 19.1 Å². The molecule has 0 spiro atoms. The number of methoxy groups -OCH3 is 1. The highest BCUT2D eigenvalue weighted by molar-refractivity contribution is 5.88. The average molecular weight is 454 g/mol. The van der Waals surface area contributed by atoms with Crippen LogP contribution >= 0.6 is 0 Å². The largest absolute Gasteiger partial charge is 0.494 e. The summed E-state index contributed by atoms with van der Waals surface area (Å²) in [6.07, 6.45) is 1.53. The molecule has 1 saturated heterocycles. The number of aryl methyl sites for hydroxylation is 1. The van der Waals surface area contributed by atoms with Crippen molar-refractivity contribution in [3.8, 4) is 5.75 Å². The number of rotatable bonds is 6. The number of hydrogen-bond acceptors (Lipinski definition) is 8. The number of anilines is 2. The van der Waals surface area contributed by atoms with E-state index in [4.69, 9.17) is 9.47 Å². The van der Waals surface area contributed by atoms with Crippen molar-refractivity contribution in [1.82, 2.24) is 19.9 Å². The fourth-order valence-corrected chi connectivity index (χ4v) is 4.17. The third kappa shape index (κ3) is 3.53. The number of nitrogens with one attached hydrogen (secondary N) is 2. The molecule has 33 heavy (non-hydrogen) atoms. The van der Waals surface area contributed by atoms with Crippen molar-refractivity contribution >= 4 is 28.9 Å². The topological polar surface area (TPSA) is 122 Å². The van der Waals surface area contributed by atoms with Crippen LogP contribution in [0.15, 0.2) is 23.0 Å². The zero-order valence-corrected chi connectivity index (χ0v) is 18.4. The van der Waals surface area contributed by atoms with Crippen LogP contribution in [0.2, 0.25) is 0 Å². The molecule has 1 aliphatic heterocycles. The van der Waals surface area contributed by atoms with E-state index in [9.17, 15) is 14.0 Å². The first kappa shape index (κ1) is 21.1.